The summed E-state index contributed by atoms with van der Waals surface area (Å²) in [6.45, 7) is 1.71. The standard InChI is InChI=1S/C21H23N3O4S/c25-21(22-10-9-16-15-23-19-7-3-1-5-17(16)19)18-6-2-4-8-20(18)29(26,27)24-11-13-28-14-12-24/h1-8,15,23H,9-14H2,(H,22,25). The maximum Gasteiger partial charge on any atom is 0.252 e. The van der Waals surface area contributed by atoms with Crippen LogP contribution in [0, 0.1) is 0 Å². The zero-order valence-corrected chi connectivity index (χ0v) is 16.7. The molecule has 4 rings (SSSR count). The second-order valence-electron chi connectivity index (χ2n) is 6.88. The Morgan fingerprint density at radius 3 is 2.62 bits per heavy atom. The van der Waals surface area contributed by atoms with Gasteiger partial charge in [0.2, 0.25) is 10.0 Å². The number of aromatic nitrogens is 1. The number of hydrogen-bond donors (Lipinski definition) is 2. The van der Waals surface area contributed by atoms with Crippen molar-refractivity contribution in [3.8, 4) is 0 Å². The molecule has 1 aliphatic rings. The molecule has 1 aliphatic heterocycles. The first-order valence-electron chi connectivity index (χ1n) is 9.57. The van der Waals surface area contributed by atoms with Gasteiger partial charge in [0, 0.05) is 36.7 Å². The van der Waals surface area contributed by atoms with Gasteiger partial charge in [0.1, 0.15) is 0 Å². The van der Waals surface area contributed by atoms with Crippen LogP contribution in [0.5, 0.6) is 0 Å². The lowest BCUT2D eigenvalue weighted by molar-refractivity contribution is 0.0730. The maximum absolute atomic E-state index is 13.0. The fourth-order valence-electron chi connectivity index (χ4n) is 3.55. The molecule has 8 heteroatoms. The Morgan fingerprint density at radius 2 is 1.79 bits per heavy atom. The van der Waals surface area contributed by atoms with E-state index < -0.39 is 15.9 Å². The maximum atomic E-state index is 13.0. The van der Waals surface area contributed by atoms with Crippen molar-refractivity contribution >= 4 is 26.8 Å². The fraction of sp³-hybridized carbons (Fsp3) is 0.286. The minimum Gasteiger partial charge on any atom is -0.379 e. The molecule has 29 heavy (non-hydrogen) atoms. The lowest BCUT2D eigenvalue weighted by atomic mass is 10.1. The number of amides is 1. The molecule has 7 nitrogen and oxygen atoms in total. The normalized spacial score (nSPS) is 15.4. The molecule has 1 aromatic heterocycles. The van der Waals surface area contributed by atoms with Gasteiger partial charge in [-0.2, -0.15) is 4.31 Å². The number of aromatic amines is 1. The van der Waals surface area contributed by atoms with E-state index in [4.69, 9.17) is 4.74 Å². The van der Waals surface area contributed by atoms with Crippen LogP contribution in [0.15, 0.2) is 59.6 Å². The van der Waals surface area contributed by atoms with E-state index in [0.717, 1.165) is 16.5 Å². The Labute approximate surface area is 169 Å². The molecule has 3 aromatic rings. The van der Waals surface area contributed by atoms with Crippen molar-refractivity contribution in [3.63, 3.8) is 0 Å². The second-order valence-corrected chi connectivity index (χ2v) is 8.78. The fourth-order valence-corrected chi connectivity index (χ4v) is 5.15. The number of H-pyrrole nitrogens is 1. The number of rotatable bonds is 6. The number of morpholine rings is 1. The summed E-state index contributed by atoms with van der Waals surface area (Å²) in [4.78, 5) is 16.0. The number of ether oxygens (including phenoxy) is 1. The summed E-state index contributed by atoms with van der Waals surface area (Å²) in [5.41, 5.74) is 2.32. The first kappa shape index (κ1) is 19.6. The van der Waals surface area contributed by atoms with Crippen LogP contribution < -0.4 is 5.32 Å². The Bertz CT molecular complexity index is 1120. The summed E-state index contributed by atoms with van der Waals surface area (Å²) in [6, 6.07) is 14.3. The third-order valence-electron chi connectivity index (χ3n) is 5.07. The van der Waals surface area contributed by atoms with Crippen molar-refractivity contribution < 1.29 is 17.9 Å². The van der Waals surface area contributed by atoms with Gasteiger partial charge in [-0.1, -0.05) is 30.3 Å². The molecule has 2 N–H and O–H groups in total. The van der Waals surface area contributed by atoms with Crippen LogP contribution in [-0.4, -0.2) is 56.5 Å². The predicted molar refractivity (Wildman–Crippen MR) is 110 cm³/mol. The highest BCUT2D eigenvalue weighted by Crippen LogP contribution is 2.22. The van der Waals surface area contributed by atoms with E-state index in [2.05, 4.69) is 10.3 Å². The molecule has 0 unspecified atom stereocenters. The molecule has 0 saturated carbocycles. The molecule has 1 saturated heterocycles. The van der Waals surface area contributed by atoms with E-state index in [1.54, 1.807) is 18.2 Å². The van der Waals surface area contributed by atoms with Crippen molar-refractivity contribution in [1.82, 2.24) is 14.6 Å². The number of carbonyl (C=O) groups is 1. The van der Waals surface area contributed by atoms with E-state index in [0.29, 0.717) is 39.3 Å². The van der Waals surface area contributed by atoms with Gasteiger partial charge in [-0.3, -0.25) is 4.79 Å². The molecule has 1 amide bonds. The first-order chi connectivity index (χ1) is 14.1. The number of carbonyl (C=O) groups excluding carboxylic acids is 1. The third kappa shape index (κ3) is 4.05. The Hall–Kier alpha value is -2.68. The molecule has 0 aliphatic carbocycles. The molecule has 1 fully saturated rings. The molecule has 0 bridgehead atoms. The van der Waals surface area contributed by atoms with E-state index in [-0.39, 0.29) is 10.5 Å². The van der Waals surface area contributed by atoms with Crippen LogP contribution in [0.1, 0.15) is 15.9 Å². The number of para-hydroxylation sites is 1. The van der Waals surface area contributed by atoms with Crippen molar-refractivity contribution in [2.24, 2.45) is 0 Å². The number of hydrogen-bond acceptors (Lipinski definition) is 4. The summed E-state index contributed by atoms with van der Waals surface area (Å²) < 4.78 is 32.6. The minimum atomic E-state index is -3.75. The Morgan fingerprint density at radius 1 is 1.07 bits per heavy atom. The van der Waals surface area contributed by atoms with Gasteiger partial charge in [-0.05, 0) is 30.2 Å². The van der Waals surface area contributed by atoms with Gasteiger partial charge >= 0.3 is 0 Å². The van der Waals surface area contributed by atoms with E-state index in [9.17, 15) is 13.2 Å². The van der Waals surface area contributed by atoms with Gasteiger partial charge in [-0.25, -0.2) is 8.42 Å². The quantitative estimate of drug-likeness (QED) is 0.648. The molecule has 2 heterocycles. The van der Waals surface area contributed by atoms with Crippen LogP contribution >= 0.6 is 0 Å². The topological polar surface area (TPSA) is 91.5 Å². The highest BCUT2D eigenvalue weighted by molar-refractivity contribution is 7.89. The molecule has 2 aromatic carbocycles. The molecule has 0 radical (unpaired) electrons. The number of benzene rings is 2. The Balaban J connectivity index is 1.48. The summed E-state index contributed by atoms with van der Waals surface area (Å²) >= 11 is 0. The highest BCUT2D eigenvalue weighted by atomic mass is 32.2. The summed E-state index contributed by atoms with van der Waals surface area (Å²) in [5.74, 6) is -0.391. The SMILES string of the molecule is O=C(NCCc1c[nH]c2ccccc12)c1ccccc1S(=O)(=O)N1CCOCC1. The van der Waals surface area contributed by atoms with Crippen molar-refractivity contribution in [3.05, 3.63) is 65.9 Å². The zero-order chi connectivity index (χ0) is 20.3. The van der Waals surface area contributed by atoms with Gasteiger partial charge in [0.05, 0.1) is 23.7 Å². The smallest absolute Gasteiger partial charge is 0.252 e. The van der Waals surface area contributed by atoms with Crippen LogP contribution in [-0.2, 0) is 21.2 Å². The van der Waals surface area contributed by atoms with Gasteiger partial charge < -0.3 is 15.0 Å². The van der Waals surface area contributed by atoms with Gasteiger partial charge in [0.15, 0.2) is 0 Å². The van der Waals surface area contributed by atoms with Crippen LogP contribution in [0.3, 0.4) is 0 Å². The van der Waals surface area contributed by atoms with Crippen molar-refractivity contribution in [2.75, 3.05) is 32.8 Å². The second kappa shape index (κ2) is 8.36. The summed E-state index contributed by atoms with van der Waals surface area (Å²) in [6.07, 6.45) is 2.59. The van der Waals surface area contributed by atoms with Gasteiger partial charge in [-0.15, -0.1) is 0 Å². The highest BCUT2D eigenvalue weighted by Gasteiger charge is 2.29. The molecule has 0 spiro atoms. The Kier molecular flexibility index (Phi) is 5.66. The summed E-state index contributed by atoms with van der Waals surface area (Å²) in [5, 5.41) is 3.98. The van der Waals surface area contributed by atoms with Gasteiger partial charge in [0.25, 0.3) is 5.91 Å². The molecule has 152 valence electrons. The summed E-state index contributed by atoms with van der Waals surface area (Å²) in [7, 11) is -3.75. The number of nitrogens with zero attached hydrogens (tertiary/aromatic N) is 1. The van der Waals surface area contributed by atoms with Crippen LogP contribution in [0.25, 0.3) is 10.9 Å². The first-order valence-corrected chi connectivity index (χ1v) is 11.0. The average molecular weight is 413 g/mol. The van der Waals surface area contributed by atoms with Crippen LogP contribution in [0.2, 0.25) is 0 Å². The van der Waals surface area contributed by atoms with Crippen molar-refractivity contribution in [1.29, 1.82) is 0 Å². The molecular weight excluding hydrogens is 390 g/mol. The van der Waals surface area contributed by atoms with Crippen LogP contribution in [0.4, 0.5) is 0 Å². The lowest BCUT2D eigenvalue weighted by Crippen LogP contribution is -2.41. The molecule has 0 atom stereocenters. The lowest BCUT2D eigenvalue weighted by Gasteiger charge is -2.26. The van der Waals surface area contributed by atoms with E-state index in [1.807, 2.05) is 30.5 Å². The number of nitrogens with one attached hydrogen (secondary N) is 2. The van der Waals surface area contributed by atoms with Crippen molar-refractivity contribution in [2.45, 2.75) is 11.3 Å². The monoisotopic (exact) mass is 413 g/mol. The van der Waals surface area contributed by atoms with E-state index >= 15 is 0 Å². The largest absolute Gasteiger partial charge is 0.379 e. The predicted octanol–water partition coefficient (Wildman–Crippen LogP) is 2.16. The number of fused-ring (bicyclic) bond motifs is 1. The molecular formula is C21H23N3O4S. The average Bonchev–Trinajstić information content (AvgIpc) is 3.17. The van der Waals surface area contributed by atoms with E-state index in [1.165, 1.54) is 10.4 Å². The third-order valence-corrected chi connectivity index (χ3v) is 7.03. The zero-order valence-electron chi connectivity index (χ0n) is 15.9. The number of sulfonamides is 1. The minimum absolute atomic E-state index is 0.0338.